The molecule has 1 aliphatic heterocycles. The predicted octanol–water partition coefficient (Wildman–Crippen LogP) is 3.99. The lowest BCUT2D eigenvalue weighted by Crippen LogP contribution is -2.50. The summed E-state index contributed by atoms with van der Waals surface area (Å²) in [7, 11) is -4.03. The second kappa shape index (κ2) is 9.00. The van der Waals surface area contributed by atoms with Crippen LogP contribution < -0.4 is 15.8 Å². The highest BCUT2D eigenvalue weighted by Crippen LogP contribution is 2.35. The number of hydrazine groups is 1. The van der Waals surface area contributed by atoms with Crippen molar-refractivity contribution < 1.29 is 22.6 Å². The molecule has 0 aliphatic carbocycles. The topological polar surface area (TPSA) is 147 Å². The lowest BCUT2D eigenvalue weighted by atomic mass is 10.1. The SMILES string of the molecule is O=C(NNC1=NS(=O)(=O)c2ccccc2N1c1ccccc1)c1ccc(-c2cccc([N+](=O)[O-])c2)o1. The number of carbonyl (C=O) groups excluding carboxylic acids is 1. The molecule has 0 bridgehead atoms. The van der Waals surface area contributed by atoms with E-state index in [4.69, 9.17) is 4.42 Å². The number of benzene rings is 3. The molecule has 12 heteroatoms. The number of fused-ring (bicyclic) bond motifs is 1. The van der Waals surface area contributed by atoms with Crippen LogP contribution in [0.3, 0.4) is 0 Å². The fourth-order valence-corrected chi connectivity index (χ4v) is 4.78. The number of amides is 1. The van der Waals surface area contributed by atoms with Crippen LogP contribution in [-0.2, 0) is 10.0 Å². The second-order valence-corrected chi connectivity index (χ2v) is 9.15. The average Bonchev–Trinajstić information content (AvgIpc) is 3.38. The van der Waals surface area contributed by atoms with Gasteiger partial charge in [-0.3, -0.25) is 30.7 Å². The summed E-state index contributed by atoms with van der Waals surface area (Å²) >= 11 is 0. The minimum atomic E-state index is -4.03. The van der Waals surface area contributed by atoms with Gasteiger partial charge in [0.25, 0.3) is 15.7 Å². The summed E-state index contributed by atoms with van der Waals surface area (Å²) in [6.07, 6.45) is 0. The van der Waals surface area contributed by atoms with Gasteiger partial charge in [-0.05, 0) is 36.4 Å². The van der Waals surface area contributed by atoms with E-state index in [9.17, 15) is 23.3 Å². The summed E-state index contributed by atoms with van der Waals surface area (Å²) in [5.41, 5.74) is 6.27. The van der Waals surface area contributed by atoms with Gasteiger partial charge in [-0.2, -0.15) is 8.42 Å². The molecule has 0 saturated heterocycles. The lowest BCUT2D eigenvalue weighted by Gasteiger charge is -2.30. The fraction of sp³-hybridized carbons (Fsp3) is 0. The first-order valence-electron chi connectivity index (χ1n) is 10.5. The van der Waals surface area contributed by atoms with Crippen molar-refractivity contribution in [1.82, 2.24) is 10.9 Å². The van der Waals surface area contributed by atoms with Gasteiger partial charge >= 0.3 is 5.91 Å². The molecular formula is C24H17N5O6S. The van der Waals surface area contributed by atoms with Crippen molar-refractivity contribution in [2.24, 2.45) is 4.40 Å². The number of non-ortho nitro benzene ring substituents is 1. The number of anilines is 2. The van der Waals surface area contributed by atoms with Gasteiger partial charge in [0, 0.05) is 23.4 Å². The first kappa shape index (κ1) is 22.8. The van der Waals surface area contributed by atoms with Crippen molar-refractivity contribution in [1.29, 1.82) is 0 Å². The molecule has 0 fully saturated rings. The van der Waals surface area contributed by atoms with Crippen molar-refractivity contribution in [3.8, 4) is 11.3 Å². The van der Waals surface area contributed by atoms with Crippen molar-refractivity contribution in [2.75, 3.05) is 4.90 Å². The first-order valence-corrected chi connectivity index (χ1v) is 12.0. The number of nitrogens with one attached hydrogen (secondary N) is 2. The van der Waals surface area contributed by atoms with Crippen molar-refractivity contribution in [3.05, 3.63) is 107 Å². The zero-order valence-corrected chi connectivity index (χ0v) is 19.2. The van der Waals surface area contributed by atoms with E-state index >= 15 is 0 Å². The standard InChI is InChI=1S/C24H17N5O6S/c30-23(21-14-13-20(35-21)16-7-6-10-18(15-16)29(31)32)25-26-24-27-36(33,34)22-12-5-4-11-19(22)28(24)17-8-2-1-3-9-17/h1-15H,(H,25,30)(H,26,27). The quantitative estimate of drug-likeness (QED) is 0.314. The maximum absolute atomic E-state index is 12.8. The van der Waals surface area contributed by atoms with Gasteiger partial charge < -0.3 is 4.42 Å². The molecule has 3 aromatic carbocycles. The maximum atomic E-state index is 12.8. The number of hydrogen-bond donors (Lipinski definition) is 2. The summed E-state index contributed by atoms with van der Waals surface area (Å²) in [6.45, 7) is 0. The van der Waals surface area contributed by atoms with Crippen LogP contribution in [0.2, 0.25) is 0 Å². The van der Waals surface area contributed by atoms with E-state index < -0.39 is 20.9 Å². The normalized spacial score (nSPS) is 13.9. The van der Waals surface area contributed by atoms with E-state index in [1.807, 2.05) is 6.07 Å². The molecule has 1 aliphatic rings. The van der Waals surface area contributed by atoms with Crippen LogP contribution in [0.4, 0.5) is 17.1 Å². The fourth-order valence-electron chi connectivity index (χ4n) is 3.66. The molecule has 0 unspecified atom stereocenters. The molecule has 1 aromatic heterocycles. The van der Waals surface area contributed by atoms with Crippen LogP contribution in [0, 0.1) is 10.1 Å². The molecule has 4 aromatic rings. The van der Waals surface area contributed by atoms with E-state index in [2.05, 4.69) is 15.2 Å². The Labute approximate surface area is 204 Å². The number of carbonyl (C=O) groups is 1. The van der Waals surface area contributed by atoms with Gasteiger partial charge in [0.15, 0.2) is 5.76 Å². The third-order valence-electron chi connectivity index (χ3n) is 5.28. The third-order valence-corrected chi connectivity index (χ3v) is 6.59. The molecule has 2 N–H and O–H groups in total. The molecule has 0 spiro atoms. The number of nitro groups is 1. The Balaban J connectivity index is 1.41. The molecule has 0 atom stereocenters. The van der Waals surface area contributed by atoms with Crippen LogP contribution in [0.15, 0.2) is 105 Å². The van der Waals surface area contributed by atoms with Gasteiger partial charge in [-0.15, -0.1) is 4.40 Å². The highest BCUT2D eigenvalue weighted by Gasteiger charge is 2.32. The van der Waals surface area contributed by atoms with Gasteiger partial charge in [0.2, 0.25) is 5.96 Å². The number of furan rings is 1. The van der Waals surface area contributed by atoms with Crippen LogP contribution in [0.5, 0.6) is 0 Å². The summed E-state index contributed by atoms with van der Waals surface area (Å²) in [6, 6.07) is 24.0. The minimum absolute atomic E-state index is 0.0263. The molecule has 36 heavy (non-hydrogen) atoms. The minimum Gasteiger partial charge on any atom is -0.451 e. The molecule has 2 heterocycles. The Morgan fingerprint density at radius 1 is 0.944 bits per heavy atom. The molecule has 180 valence electrons. The zero-order chi connectivity index (χ0) is 25.3. The number of rotatable bonds is 4. The summed E-state index contributed by atoms with van der Waals surface area (Å²) in [5, 5.41) is 11.0. The van der Waals surface area contributed by atoms with E-state index in [1.54, 1.807) is 53.4 Å². The number of sulfonamides is 1. The smallest absolute Gasteiger partial charge is 0.305 e. The largest absolute Gasteiger partial charge is 0.451 e. The van der Waals surface area contributed by atoms with E-state index in [1.165, 1.54) is 36.4 Å². The first-order chi connectivity index (χ1) is 17.3. The van der Waals surface area contributed by atoms with E-state index in [-0.39, 0.29) is 28.1 Å². The number of nitro benzene ring substituents is 1. The Hall–Kier alpha value is -4.97. The Morgan fingerprint density at radius 3 is 2.47 bits per heavy atom. The highest BCUT2D eigenvalue weighted by molar-refractivity contribution is 7.90. The molecule has 5 rings (SSSR count). The molecule has 11 nitrogen and oxygen atoms in total. The predicted molar refractivity (Wildman–Crippen MR) is 131 cm³/mol. The number of para-hydroxylation sites is 2. The average molecular weight is 503 g/mol. The van der Waals surface area contributed by atoms with Crippen molar-refractivity contribution >= 4 is 39.0 Å². The van der Waals surface area contributed by atoms with Gasteiger partial charge in [-0.25, -0.2) is 0 Å². The number of guanidine groups is 1. The zero-order valence-electron chi connectivity index (χ0n) is 18.4. The number of nitrogens with zero attached hydrogens (tertiary/aromatic N) is 3. The van der Waals surface area contributed by atoms with Gasteiger partial charge in [-0.1, -0.05) is 42.5 Å². The molecule has 1 amide bonds. The van der Waals surface area contributed by atoms with Crippen molar-refractivity contribution in [2.45, 2.75) is 4.90 Å². The Morgan fingerprint density at radius 2 is 1.69 bits per heavy atom. The Kier molecular flexibility index (Phi) is 5.70. The van der Waals surface area contributed by atoms with E-state index in [0.717, 1.165) is 0 Å². The van der Waals surface area contributed by atoms with Crippen LogP contribution in [0.25, 0.3) is 11.3 Å². The molecule has 0 saturated carbocycles. The van der Waals surface area contributed by atoms with Gasteiger partial charge in [0.05, 0.1) is 10.6 Å². The van der Waals surface area contributed by atoms with Gasteiger partial charge in [0.1, 0.15) is 10.7 Å². The molecule has 0 radical (unpaired) electrons. The monoisotopic (exact) mass is 503 g/mol. The second-order valence-electron chi connectivity index (χ2n) is 7.58. The molecular weight excluding hydrogens is 486 g/mol. The lowest BCUT2D eigenvalue weighted by molar-refractivity contribution is -0.384. The van der Waals surface area contributed by atoms with Crippen LogP contribution in [0.1, 0.15) is 10.6 Å². The number of hydrogen-bond acceptors (Lipinski definition) is 8. The maximum Gasteiger partial charge on any atom is 0.305 e. The summed E-state index contributed by atoms with van der Waals surface area (Å²) in [5.74, 6) is -0.700. The van der Waals surface area contributed by atoms with Crippen LogP contribution >= 0.6 is 0 Å². The van der Waals surface area contributed by atoms with E-state index in [0.29, 0.717) is 16.9 Å². The van der Waals surface area contributed by atoms with Crippen molar-refractivity contribution in [3.63, 3.8) is 0 Å². The third kappa shape index (κ3) is 4.28. The Bertz CT molecular complexity index is 1610. The van der Waals surface area contributed by atoms with Crippen LogP contribution in [-0.4, -0.2) is 25.2 Å². The highest BCUT2D eigenvalue weighted by atomic mass is 32.2. The summed E-state index contributed by atoms with van der Waals surface area (Å²) in [4.78, 5) is 24.8. The summed E-state index contributed by atoms with van der Waals surface area (Å²) < 4.78 is 35.0.